The first-order valence-electron chi connectivity index (χ1n) is 8.36. The van der Waals surface area contributed by atoms with E-state index >= 15 is 0 Å². The molecular weight excluding hydrogens is 311 g/mol. The Labute approximate surface area is 141 Å². The monoisotopic (exact) mass is 334 g/mol. The van der Waals surface area contributed by atoms with Gasteiger partial charge in [-0.25, -0.2) is 4.39 Å². The zero-order valence-corrected chi connectivity index (χ0v) is 13.9. The van der Waals surface area contributed by atoms with Crippen LogP contribution in [0, 0.1) is 11.7 Å². The highest BCUT2D eigenvalue weighted by Gasteiger charge is 2.37. The first kappa shape index (κ1) is 16.9. The van der Waals surface area contributed by atoms with Crippen LogP contribution in [0.1, 0.15) is 24.8 Å². The van der Waals surface area contributed by atoms with E-state index in [2.05, 4.69) is 5.32 Å². The molecule has 2 saturated heterocycles. The number of amides is 2. The van der Waals surface area contributed by atoms with Gasteiger partial charge < -0.3 is 15.0 Å². The van der Waals surface area contributed by atoms with E-state index in [4.69, 9.17) is 4.74 Å². The number of carbonyl (C=O) groups excluding carboxylic acids is 2. The average molecular weight is 334 g/mol. The van der Waals surface area contributed by atoms with Gasteiger partial charge >= 0.3 is 0 Å². The standard InChI is InChI=1S/C18H23FN2O3/c1-21-11-13(10-16(21)22)17(23)20-12-18(6-8-24-9-7-18)14-2-4-15(19)5-3-14/h2-5,13H,6-12H2,1H3,(H,20,23)/t13-/m0/s1. The number of carbonyl (C=O) groups is 2. The van der Waals surface area contributed by atoms with Gasteiger partial charge in [-0.15, -0.1) is 0 Å². The third-order valence-electron chi connectivity index (χ3n) is 5.22. The maximum absolute atomic E-state index is 13.2. The zero-order chi connectivity index (χ0) is 17.2. The van der Waals surface area contributed by atoms with Crippen LogP contribution >= 0.6 is 0 Å². The Kier molecular flexibility index (Phi) is 4.85. The van der Waals surface area contributed by atoms with Crippen molar-refractivity contribution in [2.75, 3.05) is 33.4 Å². The summed E-state index contributed by atoms with van der Waals surface area (Å²) in [5.74, 6) is -0.625. The van der Waals surface area contributed by atoms with Crippen LogP contribution in [-0.2, 0) is 19.7 Å². The van der Waals surface area contributed by atoms with Crippen molar-refractivity contribution in [3.63, 3.8) is 0 Å². The summed E-state index contributed by atoms with van der Waals surface area (Å²) in [6.07, 6.45) is 1.83. The van der Waals surface area contributed by atoms with E-state index in [-0.39, 0.29) is 35.4 Å². The fourth-order valence-electron chi connectivity index (χ4n) is 3.57. The minimum absolute atomic E-state index is 0.00876. The first-order valence-corrected chi connectivity index (χ1v) is 8.36. The molecule has 130 valence electrons. The largest absolute Gasteiger partial charge is 0.381 e. The van der Waals surface area contributed by atoms with Crippen LogP contribution in [0.4, 0.5) is 4.39 Å². The highest BCUT2D eigenvalue weighted by atomic mass is 19.1. The highest BCUT2D eigenvalue weighted by Crippen LogP contribution is 2.34. The number of halogens is 1. The minimum Gasteiger partial charge on any atom is -0.381 e. The molecule has 5 nitrogen and oxygen atoms in total. The van der Waals surface area contributed by atoms with Gasteiger partial charge in [0.2, 0.25) is 11.8 Å². The molecule has 0 bridgehead atoms. The molecule has 2 aliphatic rings. The SMILES string of the molecule is CN1C[C@@H](C(=O)NCC2(c3ccc(F)cc3)CCOCC2)CC1=O. The molecule has 6 heteroatoms. The molecule has 0 spiro atoms. The maximum atomic E-state index is 13.2. The van der Waals surface area contributed by atoms with Crippen molar-refractivity contribution in [1.29, 1.82) is 0 Å². The predicted octanol–water partition coefficient (Wildman–Crippen LogP) is 1.47. The van der Waals surface area contributed by atoms with Gasteiger partial charge in [-0.3, -0.25) is 9.59 Å². The molecule has 0 unspecified atom stereocenters. The van der Waals surface area contributed by atoms with Crippen LogP contribution < -0.4 is 5.32 Å². The molecular formula is C18H23FN2O3. The van der Waals surface area contributed by atoms with E-state index in [1.54, 1.807) is 24.1 Å². The van der Waals surface area contributed by atoms with Gasteiger partial charge in [0.05, 0.1) is 5.92 Å². The number of hydrogen-bond donors (Lipinski definition) is 1. The average Bonchev–Trinajstić information content (AvgIpc) is 2.93. The number of nitrogens with one attached hydrogen (secondary N) is 1. The Morgan fingerprint density at radius 3 is 2.58 bits per heavy atom. The summed E-state index contributed by atoms with van der Waals surface area (Å²) in [4.78, 5) is 25.6. The molecule has 2 amide bonds. The number of hydrogen-bond acceptors (Lipinski definition) is 3. The van der Waals surface area contributed by atoms with Gasteiger partial charge in [-0.2, -0.15) is 0 Å². The minimum atomic E-state index is -0.285. The fraction of sp³-hybridized carbons (Fsp3) is 0.556. The van der Waals surface area contributed by atoms with Gasteiger partial charge in [0.15, 0.2) is 0 Å². The van der Waals surface area contributed by atoms with Crippen molar-refractivity contribution in [3.8, 4) is 0 Å². The van der Waals surface area contributed by atoms with E-state index in [9.17, 15) is 14.0 Å². The van der Waals surface area contributed by atoms with Crippen molar-refractivity contribution in [3.05, 3.63) is 35.6 Å². The summed E-state index contributed by atoms with van der Waals surface area (Å²) in [6.45, 7) is 2.20. The first-order chi connectivity index (χ1) is 11.5. The Hall–Kier alpha value is -1.95. The zero-order valence-electron chi connectivity index (χ0n) is 13.9. The van der Waals surface area contributed by atoms with Crippen LogP contribution in [-0.4, -0.2) is 50.1 Å². The normalized spacial score (nSPS) is 23.3. The Morgan fingerprint density at radius 2 is 2.00 bits per heavy atom. The number of ether oxygens (including phenoxy) is 1. The molecule has 2 aliphatic heterocycles. The molecule has 0 saturated carbocycles. The van der Waals surface area contributed by atoms with Crippen LogP contribution in [0.5, 0.6) is 0 Å². The van der Waals surface area contributed by atoms with E-state index in [1.807, 2.05) is 0 Å². The van der Waals surface area contributed by atoms with E-state index in [0.29, 0.717) is 26.3 Å². The van der Waals surface area contributed by atoms with Gasteiger partial charge in [0, 0.05) is 45.2 Å². The molecule has 3 rings (SSSR count). The number of likely N-dealkylation sites (tertiary alicyclic amines) is 1. The molecule has 2 fully saturated rings. The van der Waals surface area contributed by atoms with E-state index in [0.717, 1.165) is 18.4 Å². The number of benzene rings is 1. The third kappa shape index (κ3) is 3.43. The molecule has 0 aromatic heterocycles. The van der Waals surface area contributed by atoms with Gasteiger partial charge in [-0.05, 0) is 30.5 Å². The van der Waals surface area contributed by atoms with E-state index in [1.165, 1.54) is 12.1 Å². The molecule has 1 N–H and O–H groups in total. The second-order valence-electron chi connectivity index (χ2n) is 6.79. The van der Waals surface area contributed by atoms with Gasteiger partial charge in [-0.1, -0.05) is 12.1 Å². The lowest BCUT2D eigenvalue weighted by molar-refractivity contribution is -0.128. The second kappa shape index (κ2) is 6.89. The lowest BCUT2D eigenvalue weighted by Gasteiger charge is -2.38. The smallest absolute Gasteiger partial charge is 0.225 e. The number of nitrogens with zero attached hydrogens (tertiary/aromatic N) is 1. The summed E-state index contributed by atoms with van der Waals surface area (Å²) < 4.78 is 18.7. The summed E-state index contributed by atoms with van der Waals surface area (Å²) >= 11 is 0. The van der Waals surface area contributed by atoms with E-state index < -0.39 is 0 Å². The molecule has 1 aromatic rings. The third-order valence-corrected chi connectivity index (χ3v) is 5.22. The quantitative estimate of drug-likeness (QED) is 0.907. The van der Waals surface area contributed by atoms with Crippen LogP contribution in [0.15, 0.2) is 24.3 Å². The highest BCUT2D eigenvalue weighted by molar-refractivity contribution is 5.89. The lowest BCUT2D eigenvalue weighted by Crippen LogP contribution is -2.46. The lowest BCUT2D eigenvalue weighted by atomic mass is 9.74. The van der Waals surface area contributed by atoms with Crippen molar-refractivity contribution in [2.24, 2.45) is 5.92 Å². The molecule has 1 aromatic carbocycles. The van der Waals surface area contributed by atoms with Crippen molar-refractivity contribution in [2.45, 2.75) is 24.7 Å². The topological polar surface area (TPSA) is 58.6 Å². The van der Waals surface area contributed by atoms with Crippen LogP contribution in [0.2, 0.25) is 0 Å². The van der Waals surface area contributed by atoms with Crippen molar-refractivity contribution < 1.29 is 18.7 Å². The maximum Gasteiger partial charge on any atom is 0.225 e. The van der Waals surface area contributed by atoms with Crippen molar-refractivity contribution >= 4 is 11.8 Å². The molecule has 2 heterocycles. The van der Waals surface area contributed by atoms with Crippen molar-refractivity contribution in [1.82, 2.24) is 10.2 Å². The Balaban J connectivity index is 1.70. The second-order valence-corrected chi connectivity index (χ2v) is 6.79. The van der Waals surface area contributed by atoms with Gasteiger partial charge in [0.1, 0.15) is 5.82 Å². The summed E-state index contributed by atoms with van der Waals surface area (Å²) in [5, 5.41) is 3.02. The molecule has 1 atom stereocenters. The Bertz CT molecular complexity index is 611. The van der Waals surface area contributed by atoms with Crippen LogP contribution in [0.25, 0.3) is 0 Å². The number of rotatable bonds is 4. The Morgan fingerprint density at radius 1 is 1.33 bits per heavy atom. The summed E-state index contributed by atoms with van der Waals surface area (Å²) in [6, 6.07) is 6.50. The van der Waals surface area contributed by atoms with Gasteiger partial charge in [0.25, 0.3) is 0 Å². The summed E-state index contributed by atoms with van der Waals surface area (Å²) in [7, 11) is 1.72. The summed E-state index contributed by atoms with van der Waals surface area (Å²) in [5.41, 5.74) is 0.781. The predicted molar refractivity (Wildman–Crippen MR) is 86.9 cm³/mol. The molecule has 24 heavy (non-hydrogen) atoms. The van der Waals surface area contributed by atoms with Crippen LogP contribution in [0.3, 0.4) is 0 Å². The fourth-order valence-corrected chi connectivity index (χ4v) is 3.57. The molecule has 0 radical (unpaired) electrons. The molecule has 0 aliphatic carbocycles.